The van der Waals surface area contributed by atoms with E-state index < -0.39 is 0 Å². The van der Waals surface area contributed by atoms with Crippen LogP contribution in [0.3, 0.4) is 0 Å². The third kappa shape index (κ3) is 4.48. The summed E-state index contributed by atoms with van der Waals surface area (Å²) in [7, 11) is 1.54. The van der Waals surface area contributed by atoms with E-state index in [1.54, 1.807) is 43.6 Å². The molecule has 2 aromatic rings. The third-order valence-corrected chi connectivity index (χ3v) is 2.88. The molecule has 5 nitrogen and oxygen atoms in total. The van der Waals surface area contributed by atoms with Gasteiger partial charge in [-0.1, -0.05) is 19.9 Å². The number of benzene rings is 1. The van der Waals surface area contributed by atoms with Gasteiger partial charge in [-0.25, -0.2) is 4.98 Å². The van der Waals surface area contributed by atoms with Crippen molar-refractivity contribution in [3.05, 3.63) is 48.2 Å². The molecule has 1 amide bonds. The first-order chi connectivity index (χ1) is 10.6. The molecule has 1 heterocycles. The Morgan fingerprint density at radius 1 is 1.27 bits per heavy atom. The van der Waals surface area contributed by atoms with E-state index in [0.717, 1.165) is 0 Å². The third-order valence-electron chi connectivity index (χ3n) is 2.88. The van der Waals surface area contributed by atoms with Crippen LogP contribution in [-0.2, 0) is 0 Å². The highest BCUT2D eigenvalue weighted by molar-refractivity contribution is 6.04. The second-order valence-electron chi connectivity index (χ2n) is 5.28. The summed E-state index contributed by atoms with van der Waals surface area (Å²) >= 11 is 0. The molecule has 0 bridgehead atoms. The van der Waals surface area contributed by atoms with Crippen LogP contribution in [0, 0.1) is 5.92 Å². The van der Waals surface area contributed by atoms with Crippen LogP contribution in [0.25, 0.3) is 0 Å². The smallest absolute Gasteiger partial charge is 0.255 e. The zero-order valence-electron chi connectivity index (χ0n) is 13.0. The first-order valence-electron chi connectivity index (χ1n) is 7.12. The van der Waals surface area contributed by atoms with Crippen LogP contribution >= 0.6 is 0 Å². The van der Waals surface area contributed by atoms with Gasteiger partial charge in [-0.15, -0.1) is 0 Å². The predicted octanol–water partition coefficient (Wildman–Crippen LogP) is 3.38. The molecule has 0 radical (unpaired) electrons. The summed E-state index contributed by atoms with van der Waals surface area (Å²) in [5, 5.41) is 2.79. The van der Waals surface area contributed by atoms with Gasteiger partial charge in [0.25, 0.3) is 5.91 Å². The van der Waals surface area contributed by atoms with Crippen LogP contribution in [0.1, 0.15) is 24.2 Å². The normalized spacial score (nSPS) is 10.4. The molecule has 0 unspecified atom stereocenters. The van der Waals surface area contributed by atoms with Crippen molar-refractivity contribution in [2.75, 3.05) is 19.0 Å². The first-order valence-corrected chi connectivity index (χ1v) is 7.12. The molecule has 0 aliphatic heterocycles. The van der Waals surface area contributed by atoms with Gasteiger partial charge in [-0.05, 0) is 30.2 Å². The maximum absolute atomic E-state index is 12.2. The number of methoxy groups -OCH3 is 1. The maximum atomic E-state index is 12.2. The molecule has 116 valence electrons. The highest BCUT2D eigenvalue weighted by Crippen LogP contribution is 2.17. The van der Waals surface area contributed by atoms with Crippen molar-refractivity contribution in [3.63, 3.8) is 0 Å². The number of amides is 1. The van der Waals surface area contributed by atoms with Crippen molar-refractivity contribution < 1.29 is 14.3 Å². The van der Waals surface area contributed by atoms with Gasteiger partial charge in [0.2, 0.25) is 5.88 Å². The van der Waals surface area contributed by atoms with Gasteiger partial charge < -0.3 is 14.8 Å². The molecule has 0 fully saturated rings. The number of pyridine rings is 1. The molecule has 5 heteroatoms. The summed E-state index contributed by atoms with van der Waals surface area (Å²) in [6.45, 7) is 4.77. The van der Waals surface area contributed by atoms with Crippen molar-refractivity contribution in [1.82, 2.24) is 4.98 Å². The summed E-state index contributed by atoms with van der Waals surface area (Å²) < 4.78 is 10.6. The molecule has 0 aliphatic carbocycles. The molecule has 0 saturated carbocycles. The summed E-state index contributed by atoms with van der Waals surface area (Å²) in [6, 6.07) is 10.6. The van der Waals surface area contributed by atoms with Gasteiger partial charge in [-0.2, -0.15) is 0 Å². The van der Waals surface area contributed by atoms with Crippen molar-refractivity contribution >= 4 is 11.6 Å². The quantitative estimate of drug-likeness (QED) is 0.888. The highest BCUT2D eigenvalue weighted by Gasteiger charge is 2.08. The van der Waals surface area contributed by atoms with Crippen LogP contribution in [0.5, 0.6) is 11.6 Å². The number of aromatic nitrogens is 1. The molecule has 22 heavy (non-hydrogen) atoms. The summed E-state index contributed by atoms with van der Waals surface area (Å²) in [6.07, 6.45) is 1.55. The number of ether oxygens (including phenoxy) is 2. The van der Waals surface area contributed by atoms with E-state index >= 15 is 0 Å². The lowest BCUT2D eigenvalue weighted by molar-refractivity contribution is 0.102. The number of rotatable bonds is 6. The van der Waals surface area contributed by atoms with Gasteiger partial charge >= 0.3 is 0 Å². The summed E-state index contributed by atoms with van der Waals surface area (Å²) in [5.41, 5.74) is 1.15. The minimum atomic E-state index is -0.207. The zero-order chi connectivity index (χ0) is 15.9. The monoisotopic (exact) mass is 300 g/mol. The van der Waals surface area contributed by atoms with Crippen LogP contribution in [0.4, 0.5) is 5.69 Å². The number of carbonyl (C=O) groups excluding carboxylic acids is 1. The van der Waals surface area contributed by atoms with Crippen LogP contribution in [0.15, 0.2) is 42.6 Å². The number of anilines is 1. The van der Waals surface area contributed by atoms with Crippen LogP contribution in [0.2, 0.25) is 0 Å². The van der Waals surface area contributed by atoms with E-state index in [-0.39, 0.29) is 5.91 Å². The van der Waals surface area contributed by atoms with E-state index in [2.05, 4.69) is 24.1 Å². The Balaban J connectivity index is 2.03. The Labute approximate surface area is 130 Å². The molecule has 0 aliphatic rings. The fourth-order valence-electron chi connectivity index (χ4n) is 1.77. The lowest BCUT2D eigenvalue weighted by atomic mass is 10.2. The topological polar surface area (TPSA) is 60.5 Å². The SMILES string of the molecule is COc1ccc(NC(=O)c2cccc(OCC(C)C)c2)cn1. The van der Waals surface area contributed by atoms with Crippen molar-refractivity contribution in [3.8, 4) is 11.6 Å². The van der Waals surface area contributed by atoms with Crippen molar-refractivity contribution in [1.29, 1.82) is 0 Å². The maximum Gasteiger partial charge on any atom is 0.255 e. The number of hydrogen-bond donors (Lipinski definition) is 1. The lowest BCUT2D eigenvalue weighted by Gasteiger charge is -2.10. The molecule has 1 N–H and O–H groups in total. The zero-order valence-corrected chi connectivity index (χ0v) is 13.0. The number of nitrogens with one attached hydrogen (secondary N) is 1. The first kappa shape index (κ1) is 15.8. The highest BCUT2D eigenvalue weighted by atomic mass is 16.5. The predicted molar refractivity (Wildman–Crippen MR) is 85.5 cm³/mol. The van der Waals surface area contributed by atoms with E-state index in [1.165, 1.54) is 0 Å². The van der Waals surface area contributed by atoms with Crippen LogP contribution < -0.4 is 14.8 Å². The van der Waals surface area contributed by atoms with E-state index in [9.17, 15) is 4.79 Å². The van der Waals surface area contributed by atoms with Crippen molar-refractivity contribution in [2.24, 2.45) is 5.92 Å². The minimum Gasteiger partial charge on any atom is -0.493 e. The van der Waals surface area contributed by atoms with Gasteiger partial charge in [-0.3, -0.25) is 4.79 Å². The molecule has 1 aromatic heterocycles. The summed E-state index contributed by atoms with van der Waals surface area (Å²) in [4.78, 5) is 16.3. The fraction of sp³-hybridized carbons (Fsp3) is 0.294. The fourth-order valence-corrected chi connectivity index (χ4v) is 1.77. The average Bonchev–Trinajstić information content (AvgIpc) is 2.54. The number of hydrogen-bond acceptors (Lipinski definition) is 4. The molecule has 1 aromatic carbocycles. The molecule has 0 atom stereocenters. The Morgan fingerprint density at radius 3 is 2.73 bits per heavy atom. The van der Waals surface area contributed by atoms with Crippen LogP contribution in [-0.4, -0.2) is 24.6 Å². The van der Waals surface area contributed by atoms with Gasteiger partial charge in [0.05, 0.1) is 25.6 Å². The van der Waals surface area contributed by atoms with Gasteiger partial charge in [0, 0.05) is 11.6 Å². The van der Waals surface area contributed by atoms with E-state index in [0.29, 0.717) is 35.4 Å². The molecule has 0 saturated heterocycles. The van der Waals surface area contributed by atoms with Gasteiger partial charge in [0.15, 0.2) is 0 Å². The summed E-state index contributed by atoms with van der Waals surface area (Å²) in [5.74, 6) is 1.42. The second kappa shape index (κ2) is 7.45. The van der Waals surface area contributed by atoms with E-state index in [4.69, 9.17) is 9.47 Å². The molecular weight excluding hydrogens is 280 g/mol. The number of carbonyl (C=O) groups is 1. The standard InChI is InChI=1S/C17H20N2O3/c1-12(2)11-22-15-6-4-5-13(9-15)17(20)19-14-7-8-16(21-3)18-10-14/h4-10,12H,11H2,1-3H3,(H,19,20). The number of nitrogens with zero attached hydrogens (tertiary/aromatic N) is 1. The van der Waals surface area contributed by atoms with E-state index in [1.807, 2.05) is 6.07 Å². The largest absolute Gasteiger partial charge is 0.493 e. The van der Waals surface area contributed by atoms with Gasteiger partial charge in [0.1, 0.15) is 5.75 Å². The molecule has 0 spiro atoms. The Kier molecular flexibility index (Phi) is 5.36. The Bertz CT molecular complexity index is 624. The minimum absolute atomic E-state index is 0.207. The average molecular weight is 300 g/mol. The Morgan fingerprint density at radius 2 is 2.09 bits per heavy atom. The molecular formula is C17H20N2O3. The Hall–Kier alpha value is -2.56. The second-order valence-corrected chi connectivity index (χ2v) is 5.28. The van der Waals surface area contributed by atoms with Crippen molar-refractivity contribution in [2.45, 2.75) is 13.8 Å². The molecule has 2 rings (SSSR count). The lowest BCUT2D eigenvalue weighted by Crippen LogP contribution is -2.12.